The third kappa shape index (κ3) is 1.96. The minimum Gasteiger partial charge on any atom is -0.389 e. The van der Waals surface area contributed by atoms with Gasteiger partial charge in [0.05, 0.1) is 24.9 Å². The van der Waals surface area contributed by atoms with Crippen LogP contribution in [0, 0.1) is 0 Å². The fraction of sp³-hybridized carbons (Fsp3) is 0.700. The van der Waals surface area contributed by atoms with E-state index in [4.69, 9.17) is 4.74 Å². The first-order chi connectivity index (χ1) is 6.77. The van der Waals surface area contributed by atoms with Crippen LogP contribution in [0.2, 0.25) is 0 Å². The third-order valence-corrected chi connectivity index (χ3v) is 2.61. The number of hydrogen-bond acceptors (Lipinski definition) is 3. The molecule has 2 atom stereocenters. The quantitative estimate of drug-likeness (QED) is 0.775. The van der Waals surface area contributed by atoms with Crippen molar-refractivity contribution in [2.45, 2.75) is 31.9 Å². The van der Waals surface area contributed by atoms with Crippen molar-refractivity contribution >= 4 is 0 Å². The molecule has 1 aliphatic rings. The summed E-state index contributed by atoms with van der Waals surface area (Å²) >= 11 is 0. The van der Waals surface area contributed by atoms with E-state index >= 15 is 0 Å². The Kier molecular flexibility index (Phi) is 2.84. The van der Waals surface area contributed by atoms with Gasteiger partial charge in [-0.15, -0.1) is 0 Å². The monoisotopic (exact) mass is 196 g/mol. The molecule has 2 heterocycles. The van der Waals surface area contributed by atoms with Gasteiger partial charge in [0.1, 0.15) is 0 Å². The van der Waals surface area contributed by atoms with Crippen molar-refractivity contribution in [1.82, 2.24) is 9.78 Å². The maximum absolute atomic E-state index is 9.35. The highest BCUT2D eigenvalue weighted by Gasteiger charge is 2.17. The zero-order valence-corrected chi connectivity index (χ0v) is 8.39. The molecule has 1 fully saturated rings. The van der Waals surface area contributed by atoms with Crippen LogP contribution in [0.1, 0.15) is 37.5 Å². The van der Waals surface area contributed by atoms with Crippen LogP contribution >= 0.6 is 0 Å². The molecule has 0 aromatic carbocycles. The van der Waals surface area contributed by atoms with E-state index < -0.39 is 6.10 Å². The van der Waals surface area contributed by atoms with Gasteiger partial charge in [0, 0.05) is 18.4 Å². The summed E-state index contributed by atoms with van der Waals surface area (Å²) in [5.41, 5.74) is 0.871. The highest BCUT2D eigenvalue weighted by atomic mass is 16.5. The number of aromatic nitrogens is 2. The molecule has 0 bridgehead atoms. The van der Waals surface area contributed by atoms with Gasteiger partial charge < -0.3 is 9.84 Å². The van der Waals surface area contributed by atoms with Crippen molar-refractivity contribution in [2.75, 3.05) is 13.2 Å². The van der Waals surface area contributed by atoms with E-state index in [1.807, 2.05) is 10.9 Å². The van der Waals surface area contributed by atoms with Crippen molar-refractivity contribution in [3.05, 3.63) is 18.0 Å². The van der Waals surface area contributed by atoms with Crippen molar-refractivity contribution in [3.8, 4) is 0 Å². The second-order valence-electron chi connectivity index (χ2n) is 3.80. The molecule has 2 rings (SSSR count). The summed E-state index contributed by atoms with van der Waals surface area (Å²) in [7, 11) is 0. The standard InChI is InChI=1S/C10H16N2O2/c1-8(13)9-5-11-12(6-9)10-3-2-4-14-7-10/h5-6,8,10,13H,2-4,7H2,1H3. The Balaban J connectivity index is 2.07. The normalized spacial score (nSPS) is 24.9. The van der Waals surface area contributed by atoms with Gasteiger partial charge >= 0.3 is 0 Å². The van der Waals surface area contributed by atoms with Crippen LogP contribution in [0.3, 0.4) is 0 Å². The number of rotatable bonds is 2. The molecular weight excluding hydrogens is 180 g/mol. The van der Waals surface area contributed by atoms with E-state index in [0.29, 0.717) is 6.04 Å². The summed E-state index contributed by atoms with van der Waals surface area (Å²) in [6, 6.07) is 0.344. The SMILES string of the molecule is CC(O)c1cnn(C2CCCOC2)c1. The van der Waals surface area contributed by atoms with Crippen LogP contribution in [0.4, 0.5) is 0 Å². The van der Waals surface area contributed by atoms with Crippen LogP contribution in [-0.4, -0.2) is 28.1 Å². The Morgan fingerprint density at radius 2 is 2.57 bits per heavy atom. The number of ether oxygens (including phenoxy) is 1. The van der Waals surface area contributed by atoms with Gasteiger partial charge in [0.15, 0.2) is 0 Å². The Labute approximate surface area is 83.5 Å². The summed E-state index contributed by atoms with van der Waals surface area (Å²) in [5, 5.41) is 13.6. The molecule has 0 radical (unpaired) electrons. The molecule has 1 aliphatic heterocycles. The first-order valence-corrected chi connectivity index (χ1v) is 5.07. The van der Waals surface area contributed by atoms with Gasteiger partial charge in [0.2, 0.25) is 0 Å². The van der Waals surface area contributed by atoms with Crippen LogP contribution in [0.25, 0.3) is 0 Å². The number of aliphatic hydroxyl groups excluding tert-OH is 1. The summed E-state index contributed by atoms with van der Waals surface area (Å²) in [6.07, 6.45) is 5.40. The molecule has 2 unspecified atom stereocenters. The molecule has 0 spiro atoms. The zero-order chi connectivity index (χ0) is 9.97. The van der Waals surface area contributed by atoms with Gasteiger partial charge in [-0.1, -0.05) is 0 Å². The van der Waals surface area contributed by atoms with Gasteiger partial charge in [-0.3, -0.25) is 4.68 Å². The van der Waals surface area contributed by atoms with Gasteiger partial charge in [0.25, 0.3) is 0 Å². The van der Waals surface area contributed by atoms with Gasteiger partial charge in [-0.05, 0) is 19.8 Å². The highest BCUT2D eigenvalue weighted by Crippen LogP contribution is 2.20. The smallest absolute Gasteiger partial charge is 0.0792 e. The Morgan fingerprint density at radius 1 is 1.71 bits per heavy atom. The maximum Gasteiger partial charge on any atom is 0.0792 e. The lowest BCUT2D eigenvalue weighted by Crippen LogP contribution is -2.21. The summed E-state index contributed by atoms with van der Waals surface area (Å²) in [4.78, 5) is 0. The molecule has 1 aromatic rings. The largest absolute Gasteiger partial charge is 0.389 e. The Bertz CT molecular complexity index is 290. The molecule has 0 saturated carbocycles. The molecule has 1 N–H and O–H groups in total. The van der Waals surface area contributed by atoms with Crippen molar-refractivity contribution in [2.24, 2.45) is 0 Å². The molecule has 78 valence electrons. The van der Waals surface area contributed by atoms with Gasteiger partial charge in [-0.2, -0.15) is 5.10 Å². The maximum atomic E-state index is 9.35. The summed E-state index contributed by atoms with van der Waals surface area (Å²) in [5.74, 6) is 0. The predicted molar refractivity (Wildman–Crippen MR) is 52.0 cm³/mol. The van der Waals surface area contributed by atoms with Crippen molar-refractivity contribution in [3.63, 3.8) is 0 Å². The first kappa shape index (κ1) is 9.68. The van der Waals surface area contributed by atoms with E-state index in [-0.39, 0.29) is 0 Å². The fourth-order valence-corrected chi connectivity index (χ4v) is 1.70. The average molecular weight is 196 g/mol. The lowest BCUT2D eigenvalue weighted by Gasteiger charge is -2.22. The highest BCUT2D eigenvalue weighted by molar-refractivity contribution is 5.07. The Hall–Kier alpha value is -0.870. The first-order valence-electron chi connectivity index (χ1n) is 5.07. The molecule has 14 heavy (non-hydrogen) atoms. The molecule has 4 heteroatoms. The second kappa shape index (κ2) is 4.11. The number of hydrogen-bond donors (Lipinski definition) is 1. The van der Waals surface area contributed by atoms with E-state index in [1.165, 1.54) is 0 Å². The molecule has 4 nitrogen and oxygen atoms in total. The fourth-order valence-electron chi connectivity index (χ4n) is 1.70. The topological polar surface area (TPSA) is 47.3 Å². The van der Waals surface area contributed by atoms with E-state index in [9.17, 15) is 5.11 Å². The Morgan fingerprint density at radius 3 is 3.14 bits per heavy atom. The van der Waals surface area contributed by atoms with E-state index in [0.717, 1.165) is 31.6 Å². The van der Waals surface area contributed by atoms with Crippen LogP contribution in [0.5, 0.6) is 0 Å². The van der Waals surface area contributed by atoms with E-state index in [2.05, 4.69) is 5.10 Å². The molecular formula is C10H16N2O2. The minimum absolute atomic E-state index is 0.344. The predicted octanol–water partition coefficient (Wildman–Crippen LogP) is 1.29. The van der Waals surface area contributed by atoms with Crippen molar-refractivity contribution < 1.29 is 9.84 Å². The van der Waals surface area contributed by atoms with E-state index in [1.54, 1.807) is 13.1 Å². The van der Waals surface area contributed by atoms with Crippen LogP contribution in [0.15, 0.2) is 12.4 Å². The molecule has 1 saturated heterocycles. The minimum atomic E-state index is -0.437. The summed E-state index contributed by atoms with van der Waals surface area (Å²) in [6.45, 7) is 3.35. The van der Waals surface area contributed by atoms with Crippen molar-refractivity contribution in [1.29, 1.82) is 0 Å². The zero-order valence-electron chi connectivity index (χ0n) is 8.39. The second-order valence-corrected chi connectivity index (χ2v) is 3.80. The molecule has 0 aliphatic carbocycles. The van der Waals surface area contributed by atoms with Gasteiger partial charge in [-0.25, -0.2) is 0 Å². The third-order valence-electron chi connectivity index (χ3n) is 2.61. The lowest BCUT2D eigenvalue weighted by molar-refractivity contribution is 0.0548. The molecule has 0 amide bonds. The number of nitrogens with zero attached hydrogens (tertiary/aromatic N) is 2. The summed E-state index contributed by atoms with van der Waals surface area (Å²) < 4.78 is 7.29. The van der Waals surface area contributed by atoms with Crippen LogP contribution < -0.4 is 0 Å². The molecule has 1 aromatic heterocycles. The average Bonchev–Trinajstić information content (AvgIpc) is 2.68. The number of aliphatic hydroxyl groups is 1. The van der Waals surface area contributed by atoms with Crippen LogP contribution in [-0.2, 0) is 4.74 Å². The lowest BCUT2D eigenvalue weighted by atomic mass is 10.1.